The summed E-state index contributed by atoms with van der Waals surface area (Å²) < 4.78 is 0. The fraction of sp³-hybridized carbons (Fsp3) is 0.566. The van der Waals surface area contributed by atoms with E-state index in [1.807, 2.05) is 113 Å². The Hall–Kier alpha value is -4.39. The minimum atomic E-state index is 0.500. The van der Waals surface area contributed by atoms with Crippen molar-refractivity contribution >= 4 is 0 Å². The van der Waals surface area contributed by atoms with Crippen molar-refractivity contribution in [3.63, 3.8) is 0 Å². The highest BCUT2D eigenvalue weighted by Gasteiger charge is 1.97. The van der Waals surface area contributed by atoms with Gasteiger partial charge in [-0.05, 0) is 122 Å². The molecule has 60 heavy (non-hydrogen) atoms. The molecule has 0 unspecified atom stereocenters. The summed E-state index contributed by atoms with van der Waals surface area (Å²) in [7, 11) is 0. The van der Waals surface area contributed by atoms with Gasteiger partial charge in [0.15, 0.2) is 0 Å². The zero-order valence-electron chi connectivity index (χ0n) is 43.5. The van der Waals surface area contributed by atoms with Crippen molar-refractivity contribution < 1.29 is 0 Å². The van der Waals surface area contributed by atoms with Gasteiger partial charge in [-0.3, -0.25) is 15.0 Å². The number of aromatic nitrogens is 7. The lowest BCUT2D eigenvalue weighted by Gasteiger charge is -2.05. The molecule has 0 radical (unpaired) electrons. The molecule has 5 heterocycles. The summed E-state index contributed by atoms with van der Waals surface area (Å²) >= 11 is 0. The van der Waals surface area contributed by atoms with Gasteiger partial charge in [0.2, 0.25) is 0 Å². The molecule has 0 aromatic carbocycles. The smallest absolute Gasteiger partial charge is 0.0600 e. The summed E-state index contributed by atoms with van der Waals surface area (Å²) in [6, 6.07) is 25.1. The fourth-order valence-electron chi connectivity index (χ4n) is 2.10. The third kappa shape index (κ3) is 117. The molecule has 0 spiro atoms. The lowest BCUT2D eigenvalue weighted by atomic mass is 10.0. The first-order valence-corrected chi connectivity index (χ1v) is 21.1. The van der Waals surface area contributed by atoms with Crippen molar-refractivity contribution in [2.75, 3.05) is 0 Å². The van der Waals surface area contributed by atoms with Crippen LogP contribution >= 0.6 is 0 Å². The SMILES string of the molecule is CC(C)(C)C.CC(C)(C)C.CC(C)(C)C.CC(C)(C)C.CC(C)(C)C.Cc1ccccn1.Cc1ccccn1.Cc1ccccn1.Cc1cccnn1.Cc1cccnn1. The first-order valence-electron chi connectivity index (χ1n) is 21.1. The minimum absolute atomic E-state index is 0.500. The summed E-state index contributed by atoms with van der Waals surface area (Å²) in [5.74, 6) is 0. The molecule has 5 aromatic rings. The van der Waals surface area contributed by atoms with E-state index in [-0.39, 0.29) is 0 Å². The quantitative estimate of drug-likeness (QED) is 0.154. The van der Waals surface area contributed by atoms with Crippen LogP contribution in [0.15, 0.2) is 110 Å². The van der Waals surface area contributed by atoms with Crippen LogP contribution in [0.5, 0.6) is 0 Å². The molecule has 0 atom stereocenters. The van der Waals surface area contributed by atoms with E-state index in [2.05, 4.69) is 174 Å². The van der Waals surface area contributed by atoms with Gasteiger partial charge in [-0.2, -0.15) is 20.4 Å². The number of hydrogen-bond donors (Lipinski definition) is 0. The number of pyridine rings is 3. The molecule has 7 heteroatoms. The molecule has 0 amide bonds. The Kier molecular flexibility index (Phi) is 39.3. The van der Waals surface area contributed by atoms with Crippen LogP contribution in [0, 0.1) is 61.7 Å². The number of rotatable bonds is 0. The largest absolute Gasteiger partial charge is 0.262 e. The zero-order valence-corrected chi connectivity index (χ0v) is 43.5. The van der Waals surface area contributed by atoms with Crippen LogP contribution in [-0.2, 0) is 0 Å². The molecular weight excluding hydrogens is 735 g/mol. The van der Waals surface area contributed by atoms with Gasteiger partial charge in [-0.1, -0.05) is 157 Å². The van der Waals surface area contributed by atoms with Crippen molar-refractivity contribution in [3.8, 4) is 0 Å². The number of hydrogen-bond acceptors (Lipinski definition) is 7. The Morgan fingerprint density at radius 3 is 0.500 bits per heavy atom. The normalized spacial score (nSPS) is 10.1. The maximum atomic E-state index is 3.98. The average Bonchev–Trinajstić information content (AvgIpc) is 3.04. The van der Waals surface area contributed by atoms with Gasteiger partial charge in [0.1, 0.15) is 0 Å². The average molecular weight is 828 g/mol. The second kappa shape index (κ2) is 36.5. The van der Waals surface area contributed by atoms with Crippen LogP contribution in [0.4, 0.5) is 0 Å². The van der Waals surface area contributed by atoms with Gasteiger partial charge in [0.05, 0.1) is 11.4 Å². The lowest BCUT2D eigenvalue weighted by Crippen LogP contribution is -1.93. The molecule has 0 aliphatic rings. The Labute approximate surface area is 372 Å². The van der Waals surface area contributed by atoms with Crippen molar-refractivity contribution in [3.05, 3.63) is 138 Å². The molecule has 0 aliphatic heterocycles. The van der Waals surface area contributed by atoms with E-state index in [0.29, 0.717) is 27.1 Å². The molecule has 0 aliphatic carbocycles. The van der Waals surface area contributed by atoms with Crippen LogP contribution in [0.3, 0.4) is 0 Å². The first-order chi connectivity index (χ1) is 27.0. The van der Waals surface area contributed by atoms with E-state index >= 15 is 0 Å². The molecule has 0 saturated heterocycles. The minimum Gasteiger partial charge on any atom is -0.262 e. The van der Waals surface area contributed by atoms with E-state index < -0.39 is 0 Å². The summed E-state index contributed by atoms with van der Waals surface area (Å²) in [5.41, 5.74) is 7.64. The Bertz CT molecular complexity index is 1240. The molecule has 0 fully saturated rings. The third-order valence-corrected chi connectivity index (χ3v) is 3.85. The molecule has 340 valence electrons. The van der Waals surface area contributed by atoms with Gasteiger partial charge >= 0.3 is 0 Å². The first kappa shape index (κ1) is 64.7. The van der Waals surface area contributed by atoms with Crippen molar-refractivity contribution in [1.82, 2.24) is 35.3 Å². The van der Waals surface area contributed by atoms with Crippen LogP contribution in [0.25, 0.3) is 0 Å². The summed E-state index contributed by atoms with van der Waals surface area (Å²) in [6.45, 7) is 53.5. The van der Waals surface area contributed by atoms with Gasteiger partial charge in [-0.15, -0.1) is 0 Å². The van der Waals surface area contributed by atoms with Crippen molar-refractivity contribution in [2.45, 2.75) is 173 Å². The highest BCUT2D eigenvalue weighted by atomic mass is 15.1. The van der Waals surface area contributed by atoms with E-state index in [1.54, 1.807) is 31.0 Å². The Balaban J connectivity index is -0.000000188. The van der Waals surface area contributed by atoms with E-state index in [1.165, 1.54) is 0 Å². The van der Waals surface area contributed by atoms with E-state index in [4.69, 9.17) is 0 Å². The Morgan fingerprint density at radius 2 is 0.433 bits per heavy atom. The van der Waals surface area contributed by atoms with Crippen LogP contribution in [-0.4, -0.2) is 35.3 Å². The fourth-order valence-corrected chi connectivity index (χ4v) is 2.10. The van der Waals surface area contributed by atoms with E-state index in [0.717, 1.165) is 28.5 Å². The van der Waals surface area contributed by atoms with Crippen LogP contribution in [0.1, 0.15) is 167 Å². The van der Waals surface area contributed by atoms with Gasteiger partial charge in [-0.25, -0.2) is 0 Å². The van der Waals surface area contributed by atoms with Gasteiger partial charge in [0, 0.05) is 48.1 Å². The number of aryl methyl sites for hydroxylation is 5. The lowest BCUT2D eigenvalue weighted by molar-refractivity contribution is 0.469. The molecular formula is C53H93N7. The van der Waals surface area contributed by atoms with E-state index in [9.17, 15) is 0 Å². The number of nitrogens with zero attached hydrogens (tertiary/aromatic N) is 7. The standard InChI is InChI=1S/3C6H7N.2C5H6N2.5C5H12/c3*1-6-4-2-3-5-7-6;2*1-5-3-2-4-6-7-5;5*1-5(2,3)4/h3*2-5H,1H3;2*2-4H,1H3;5*1-4H3. The van der Waals surface area contributed by atoms with Crippen LogP contribution < -0.4 is 0 Å². The highest BCUT2D eigenvalue weighted by molar-refractivity contribution is 5.01. The second-order valence-electron chi connectivity index (χ2n) is 22.1. The molecule has 0 bridgehead atoms. The van der Waals surface area contributed by atoms with Crippen molar-refractivity contribution in [2.24, 2.45) is 27.1 Å². The molecule has 7 nitrogen and oxygen atoms in total. The predicted molar refractivity (Wildman–Crippen MR) is 266 cm³/mol. The summed E-state index contributed by atoms with van der Waals surface area (Å²) in [5, 5.41) is 14.7. The summed E-state index contributed by atoms with van der Waals surface area (Å²) in [4.78, 5) is 11.9. The summed E-state index contributed by atoms with van der Waals surface area (Å²) in [6.07, 6.45) is 8.68. The molecule has 0 N–H and O–H groups in total. The topological polar surface area (TPSA) is 90.2 Å². The third-order valence-electron chi connectivity index (χ3n) is 3.85. The zero-order chi connectivity index (χ0) is 48.1. The highest BCUT2D eigenvalue weighted by Crippen LogP contribution is 2.10. The molecule has 5 rings (SSSR count). The van der Waals surface area contributed by atoms with Gasteiger partial charge in [0.25, 0.3) is 0 Å². The van der Waals surface area contributed by atoms with Crippen LogP contribution in [0.2, 0.25) is 0 Å². The monoisotopic (exact) mass is 828 g/mol. The predicted octanol–water partition coefficient (Wildman–Crippen LogP) is 16.0. The molecule has 0 saturated carbocycles. The maximum Gasteiger partial charge on any atom is 0.0600 e. The second-order valence-corrected chi connectivity index (χ2v) is 22.1. The maximum absolute atomic E-state index is 3.98. The molecule has 5 aromatic heterocycles. The van der Waals surface area contributed by atoms with Gasteiger partial charge < -0.3 is 0 Å². The van der Waals surface area contributed by atoms with Crippen molar-refractivity contribution in [1.29, 1.82) is 0 Å². The Morgan fingerprint density at radius 1 is 0.250 bits per heavy atom.